The number of anilines is 1. The van der Waals surface area contributed by atoms with Gasteiger partial charge in [0.1, 0.15) is 17.2 Å². The molecule has 0 spiro atoms. The molecule has 0 aliphatic heterocycles. The third-order valence-corrected chi connectivity index (χ3v) is 3.94. The van der Waals surface area contributed by atoms with E-state index in [1.165, 1.54) is 6.92 Å². The lowest BCUT2D eigenvalue weighted by molar-refractivity contribution is 0.101. The van der Waals surface area contributed by atoms with Gasteiger partial charge in [-0.1, -0.05) is 12.1 Å². The molecule has 0 saturated carbocycles. The van der Waals surface area contributed by atoms with Crippen LogP contribution in [0.15, 0.2) is 72.8 Å². The van der Waals surface area contributed by atoms with Gasteiger partial charge in [0.15, 0.2) is 5.78 Å². The van der Waals surface area contributed by atoms with Crippen molar-refractivity contribution in [3.8, 4) is 17.2 Å². The highest BCUT2D eigenvalue weighted by Gasteiger charge is 2.08. The minimum Gasteiger partial charge on any atom is -0.497 e. The molecule has 0 bridgehead atoms. The molecule has 0 aliphatic rings. The third-order valence-electron chi connectivity index (χ3n) is 3.94. The molecule has 0 atom stereocenters. The van der Waals surface area contributed by atoms with E-state index in [-0.39, 0.29) is 11.7 Å². The van der Waals surface area contributed by atoms with Crippen LogP contribution in [0.25, 0.3) is 0 Å². The normalized spacial score (nSPS) is 10.1. The van der Waals surface area contributed by atoms with E-state index in [9.17, 15) is 9.59 Å². The smallest absolute Gasteiger partial charge is 0.255 e. The number of hydrogen-bond donors (Lipinski definition) is 1. The van der Waals surface area contributed by atoms with Crippen molar-refractivity contribution in [3.05, 3.63) is 83.9 Å². The maximum Gasteiger partial charge on any atom is 0.255 e. The zero-order chi connectivity index (χ0) is 19.2. The molecule has 1 N–H and O–H groups in total. The van der Waals surface area contributed by atoms with Gasteiger partial charge in [-0.3, -0.25) is 9.59 Å². The number of amides is 1. The standard InChI is InChI=1S/C22H19NO4/c1-15(24)17-4-3-5-18(14-17)23-22(25)16-6-8-20(9-7-16)27-21-12-10-19(26-2)11-13-21/h3-14H,1-2H3,(H,23,25). The van der Waals surface area contributed by atoms with Gasteiger partial charge < -0.3 is 14.8 Å². The van der Waals surface area contributed by atoms with Crippen LogP contribution >= 0.6 is 0 Å². The largest absolute Gasteiger partial charge is 0.497 e. The van der Waals surface area contributed by atoms with Gasteiger partial charge in [-0.25, -0.2) is 0 Å². The first-order valence-corrected chi connectivity index (χ1v) is 8.39. The molecule has 0 fully saturated rings. The molecule has 0 aliphatic carbocycles. The van der Waals surface area contributed by atoms with E-state index in [1.54, 1.807) is 55.6 Å². The van der Waals surface area contributed by atoms with Crippen LogP contribution < -0.4 is 14.8 Å². The van der Waals surface area contributed by atoms with Crippen LogP contribution in [0.4, 0.5) is 5.69 Å². The van der Waals surface area contributed by atoms with Crippen molar-refractivity contribution in [2.75, 3.05) is 12.4 Å². The molecule has 0 unspecified atom stereocenters. The highest BCUT2D eigenvalue weighted by Crippen LogP contribution is 2.24. The lowest BCUT2D eigenvalue weighted by atomic mass is 10.1. The molecule has 3 aromatic carbocycles. The first kappa shape index (κ1) is 18.2. The van der Waals surface area contributed by atoms with E-state index in [1.807, 2.05) is 24.3 Å². The van der Waals surface area contributed by atoms with Gasteiger partial charge in [-0.05, 0) is 67.6 Å². The fraction of sp³-hybridized carbons (Fsp3) is 0.0909. The lowest BCUT2D eigenvalue weighted by Gasteiger charge is -2.09. The van der Waals surface area contributed by atoms with Crippen molar-refractivity contribution < 1.29 is 19.1 Å². The summed E-state index contributed by atoms with van der Waals surface area (Å²) >= 11 is 0. The fourth-order valence-corrected chi connectivity index (χ4v) is 2.47. The molecule has 0 heterocycles. The zero-order valence-corrected chi connectivity index (χ0v) is 15.1. The highest BCUT2D eigenvalue weighted by molar-refractivity contribution is 6.05. The fourth-order valence-electron chi connectivity index (χ4n) is 2.47. The van der Waals surface area contributed by atoms with E-state index in [0.717, 1.165) is 5.75 Å². The van der Waals surface area contributed by atoms with Crippen molar-refractivity contribution >= 4 is 17.4 Å². The molecule has 0 aromatic heterocycles. The summed E-state index contributed by atoms with van der Waals surface area (Å²) in [4.78, 5) is 23.8. The van der Waals surface area contributed by atoms with Crippen molar-refractivity contribution in [1.82, 2.24) is 0 Å². The monoisotopic (exact) mass is 361 g/mol. The SMILES string of the molecule is COc1ccc(Oc2ccc(C(=O)Nc3cccc(C(C)=O)c3)cc2)cc1. The maximum absolute atomic E-state index is 12.4. The highest BCUT2D eigenvalue weighted by atomic mass is 16.5. The topological polar surface area (TPSA) is 64.6 Å². The summed E-state index contributed by atoms with van der Waals surface area (Å²) in [6.45, 7) is 1.49. The third kappa shape index (κ3) is 4.73. The predicted octanol–water partition coefficient (Wildman–Crippen LogP) is 4.94. The van der Waals surface area contributed by atoms with Crippen LogP contribution in [0.5, 0.6) is 17.2 Å². The van der Waals surface area contributed by atoms with Crippen molar-refractivity contribution in [3.63, 3.8) is 0 Å². The second kappa shape index (κ2) is 8.19. The number of rotatable bonds is 6. The number of benzene rings is 3. The Balaban J connectivity index is 1.66. The Labute approximate surface area is 157 Å². The number of hydrogen-bond acceptors (Lipinski definition) is 4. The van der Waals surface area contributed by atoms with Gasteiger partial charge in [-0.2, -0.15) is 0 Å². The van der Waals surface area contributed by atoms with Gasteiger partial charge in [-0.15, -0.1) is 0 Å². The van der Waals surface area contributed by atoms with E-state index in [0.29, 0.717) is 28.3 Å². The Kier molecular flexibility index (Phi) is 5.52. The predicted molar refractivity (Wildman–Crippen MR) is 104 cm³/mol. The Hall–Kier alpha value is -3.60. The summed E-state index contributed by atoms with van der Waals surface area (Å²) in [6, 6.07) is 20.9. The van der Waals surface area contributed by atoms with Crippen molar-refractivity contribution in [2.24, 2.45) is 0 Å². The molecule has 5 nitrogen and oxygen atoms in total. The quantitative estimate of drug-likeness (QED) is 0.632. The van der Waals surface area contributed by atoms with Crippen molar-refractivity contribution in [2.45, 2.75) is 6.92 Å². The van der Waals surface area contributed by atoms with Gasteiger partial charge in [0.25, 0.3) is 5.91 Å². The van der Waals surface area contributed by atoms with Crippen LogP contribution in [0, 0.1) is 0 Å². The zero-order valence-electron chi connectivity index (χ0n) is 15.1. The second-order valence-corrected chi connectivity index (χ2v) is 5.89. The molecule has 27 heavy (non-hydrogen) atoms. The van der Waals surface area contributed by atoms with Crippen LogP contribution in [0.3, 0.4) is 0 Å². The van der Waals surface area contributed by atoms with Crippen LogP contribution in [0.2, 0.25) is 0 Å². The number of methoxy groups -OCH3 is 1. The number of ether oxygens (including phenoxy) is 2. The molecule has 5 heteroatoms. The average molecular weight is 361 g/mol. The van der Waals surface area contributed by atoms with E-state index < -0.39 is 0 Å². The minimum atomic E-state index is -0.258. The van der Waals surface area contributed by atoms with Crippen LogP contribution in [-0.4, -0.2) is 18.8 Å². The van der Waals surface area contributed by atoms with Gasteiger partial charge in [0.05, 0.1) is 7.11 Å². The van der Waals surface area contributed by atoms with Crippen LogP contribution in [-0.2, 0) is 0 Å². The molecule has 0 radical (unpaired) electrons. The number of Topliss-reactive ketones (excluding diaryl/α,β-unsaturated/α-hetero) is 1. The Bertz CT molecular complexity index is 947. The van der Waals surface area contributed by atoms with Crippen molar-refractivity contribution in [1.29, 1.82) is 0 Å². The van der Waals surface area contributed by atoms with E-state index >= 15 is 0 Å². The average Bonchev–Trinajstić information content (AvgIpc) is 2.69. The van der Waals surface area contributed by atoms with Gasteiger partial charge in [0, 0.05) is 16.8 Å². The minimum absolute atomic E-state index is 0.0499. The summed E-state index contributed by atoms with van der Waals surface area (Å²) in [5.41, 5.74) is 1.62. The molecular weight excluding hydrogens is 342 g/mol. The van der Waals surface area contributed by atoms with Gasteiger partial charge in [0.2, 0.25) is 0 Å². The first-order valence-electron chi connectivity index (χ1n) is 8.39. The van der Waals surface area contributed by atoms with Gasteiger partial charge >= 0.3 is 0 Å². The van der Waals surface area contributed by atoms with Crippen LogP contribution in [0.1, 0.15) is 27.6 Å². The summed E-state index contributed by atoms with van der Waals surface area (Å²) < 4.78 is 10.9. The Morgan fingerprint density at radius 1 is 0.778 bits per heavy atom. The summed E-state index contributed by atoms with van der Waals surface area (Å²) in [5.74, 6) is 1.74. The van der Waals surface area contributed by atoms with E-state index in [2.05, 4.69) is 5.32 Å². The number of ketones is 1. The summed E-state index contributed by atoms with van der Waals surface area (Å²) in [5, 5.41) is 2.79. The molecule has 136 valence electrons. The molecular formula is C22H19NO4. The summed E-state index contributed by atoms with van der Waals surface area (Å²) in [6.07, 6.45) is 0. The lowest BCUT2D eigenvalue weighted by Crippen LogP contribution is -2.12. The number of nitrogens with one attached hydrogen (secondary N) is 1. The number of carbonyl (C=O) groups excluding carboxylic acids is 2. The second-order valence-electron chi connectivity index (χ2n) is 5.89. The molecule has 3 aromatic rings. The molecule has 0 saturated heterocycles. The number of carbonyl (C=O) groups is 2. The first-order chi connectivity index (χ1) is 13.0. The Morgan fingerprint density at radius 2 is 1.37 bits per heavy atom. The Morgan fingerprint density at radius 3 is 1.96 bits per heavy atom. The molecule has 3 rings (SSSR count). The van der Waals surface area contributed by atoms with E-state index in [4.69, 9.17) is 9.47 Å². The maximum atomic E-state index is 12.4. The molecule has 1 amide bonds. The summed E-state index contributed by atoms with van der Waals surface area (Å²) in [7, 11) is 1.61.